The van der Waals surface area contributed by atoms with Crippen LogP contribution in [0.4, 0.5) is 18.9 Å². The number of carbonyl (C=O) groups is 3. The quantitative estimate of drug-likeness (QED) is 0.323. The molecule has 0 aromatic heterocycles. The molecular formula is C22H19F3N4O3S2. The zero-order valence-electron chi connectivity index (χ0n) is 17.6. The number of carbonyl (C=O) groups excluding carboxylic acids is 3. The number of alkyl halides is 3. The molecule has 34 heavy (non-hydrogen) atoms. The number of thiocarbonyl (C=S) groups is 1. The molecule has 0 saturated carbocycles. The molecule has 12 heteroatoms. The van der Waals surface area contributed by atoms with E-state index < -0.39 is 17.5 Å². The number of nitrogens with one attached hydrogen (secondary N) is 3. The van der Waals surface area contributed by atoms with Crippen LogP contribution in [-0.4, -0.2) is 39.3 Å². The van der Waals surface area contributed by atoms with Crippen LogP contribution in [0.1, 0.15) is 34.3 Å². The first-order valence-corrected chi connectivity index (χ1v) is 11.5. The third kappa shape index (κ3) is 5.68. The van der Waals surface area contributed by atoms with Crippen molar-refractivity contribution in [3.05, 3.63) is 59.2 Å². The molecule has 3 amide bonds. The SMILES string of the molecule is O=C1CCC(N2Cc3cc(CNC(=S)Nc4ccc(SC(F)(F)F)cc4)ccc3C2=O)C(=O)N1. The van der Waals surface area contributed by atoms with Crippen LogP contribution >= 0.6 is 24.0 Å². The number of rotatable bonds is 5. The number of thioether (sulfide) groups is 1. The summed E-state index contributed by atoms with van der Waals surface area (Å²) in [7, 11) is 0. The van der Waals surface area contributed by atoms with Crippen molar-refractivity contribution >= 4 is 52.5 Å². The smallest absolute Gasteiger partial charge is 0.358 e. The summed E-state index contributed by atoms with van der Waals surface area (Å²) in [5.41, 5.74) is -1.64. The Labute approximate surface area is 202 Å². The molecule has 1 unspecified atom stereocenters. The van der Waals surface area contributed by atoms with Crippen LogP contribution in [0, 0.1) is 0 Å². The Morgan fingerprint density at radius 3 is 2.56 bits per heavy atom. The van der Waals surface area contributed by atoms with Crippen molar-refractivity contribution in [2.45, 2.75) is 42.4 Å². The van der Waals surface area contributed by atoms with E-state index in [2.05, 4.69) is 16.0 Å². The molecule has 2 heterocycles. The number of nitrogens with zero attached hydrogens (tertiary/aromatic N) is 1. The number of piperidine rings is 1. The van der Waals surface area contributed by atoms with Gasteiger partial charge in [0.15, 0.2) is 5.11 Å². The van der Waals surface area contributed by atoms with Crippen molar-refractivity contribution in [1.29, 1.82) is 0 Å². The Hall–Kier alpha value is -3.12. The molecule has 0 bridgehead atoms. The van der Waals surface area contributed by atoms with Crippen LogP contribution in [0.2, 0.25) is 0 Å². The molecule has 1 saturated heterocycles. The second-order valence-corrected chi connectivity index (χ2v) is 9.32. The summed E-state index contributed by atoms with van der Waals surface area (Å²) < 4.78 is 37.3. The lowest BCUT2D eigenvalue weighted by Gasteiger charge is -2.29. The Kier molecular flexibility index (Phi) is 6.80. The van der Waals surface area contributed by atoms with Crippen LogP contribution in [0.3, 0.4) is 0 Å². The van der Waals surface area contributed by atoms with E-state index >= 15 is 0 Å². The topological polar surface area (TPSA) is 90.5 Å². The van der Waals surface area contributed by atoms with Gasteiger partial charge in [-0.25, -0.2) is 0 Å². The van der Waals surface area contributed by atoms with Crippen LogP contribution in [0.15, 0.2) is 47.4 Å². The fraction of sp³-hybridized carbons (Fsp3) is 0.273. The first-order chi connectivity index (χ1) is 16.1. The van der Waals surface area contributed by atoms with E-state index in [1.54, 1.807) is 12.1 Å². The first-order valence-electron chi connectivity index (χ1n) is 10.3. The van der Waals surface area contributed by atoms with Crippen LogP contribution in [0.25, 0.3) is 0 Å². The number of anilines is 1. The number of amides is 3. The third-order valence-corrected chi connectivity index (χ3v) is 6.37. The molecule has 2 aliphatic heterocycles. The van der Waals surface area contributed by atoms with E-state index in [4.69, 9.17) is 12.2 Å². The van der Waals surface area contributed by atoms with Crippen LogP contribution in [0.5, 0.6) is 0 Å². The van der Waals surface area contributed by atoms with Crippen molar-refractivity contribution in [3.63, 3.8) is 0 Å². The average Bonchev–Trinajstić information content (AvgIpc) is 3.08. The molecule has 2 aliphatic rings. The Morgan fingerprint density at radius 2 is 1.88 bits per heavy atom. The molecule has 1 atom stereocenters. The van der Waals surface area contributed by atoms with Gasteiger partial charge >= 0.3 is 5.51 Å². The summed E-state index contributed by atoms with van der Waals surface area (Å²) in [4.78, 5) is 37.9. The van der Waals surface area contributed by atoms with Gasteiger partial charge < -0.3 is 15.5 Å². The maximum absolute atomic E-state index is 12.8. The summed E-state index contributed by atoms with van der Waals surface area (Å²) >= 11 is 5.07. The highest BCUT2D eigenvalue weighted by Gasteiger charge is 2.39. The van der Waals surface area contributed by atoms with Gasteiger partial charge in [-0.1, -0.05) is 12.1 Å². The van der Waals surface area contributed by atoms with E-state index in [0.717, 1.165) is 11.1 Å². The summed E-state index contributed by atoms with van der Waals surface area (Å²) in [6, 6.07) is 10.4. The predicted molar refractivity (Wildman–Crippen MR) is 124 cm³/mol. The molecule has 2 aromatic rings. The maximum atomic E-state index is 12.8. The van der Waals surface area contributed by atoms with Gasteiger partial charge in [-0.3, -0.25) is 19.7 Å². The zero-order valence-corrected chi connectivity index (χ0v) is 19.2. The second-order valence-electron chi connectivity index (χ2n) is 7.77. The fourth-order valence-electron chi connectivity index (χ4n) is 3.84. The number of imide groups is 1. The first kappa shape index (κ1) is 24.0. The summed E-state index contributed by atoms with van der Waals surface area (Å²) in [6.07, 6.45) is 0.495. The standard InChI is InChI=1S/C22H19F3N4O3S2/c23-22(24,25)34-15-4-2-14(3-5-15)27-21(33)26-10-12-1-6-16-13(9-12)11-29(20(16)32)17-7-8-18(30)28-19(17)31/h1-6,9,17H,7-8,10-11H2,(H2,26,27,33)(H,28,30,31). The number of hydrogen-bond donors (Lipinski definition) is 3. The van der Waals surface area contributed by atoms with Gasteiger partial charge in [0.2, 0.25) is 11.8 Å². The van der Waals surface area contributed by atoms with Gasteiger partial charge in [-0.05, 0) is 71.9 Å². The van der Waals surface area contributed by atoms with Gasteiger partial charge in [-0.15, -0.1) is 0 Å². The van der Waals surface area contributed by atoms with Crippen LogP contribution in [-0.2, 0) is 22.7 Å². The van der Waals surface area contributed by atoms with Gasteiger partial charge in [0.25, 0.3) is 5.91 Å². The van der Waals surface area contributed by atoms with Crippen LogP contribution < -0.4 is 16.0 Å². The molecule has 0 radical (unpaired) electrons. The highest BCUT2D eigenvalue weighted by molar-refractivity contribution is 8.00. The van der Waals surface area contributed by atoms with Gasteiger partial charge in [-0.2, -0.15) is 13.2 Å². The summed E-state index contributed by atoms with van der Waals surface area (Å²) in [5, 5.41) is 8.51. The lowest BCUT2D eigenvalue weighted by atomic mass is 10.0. The van der Waals surface area contributed by atoms with Crippen molar-refractivity contribution < 1.29 is 27.6 Å². The van der Waals surface area contributed by atoms with E-state index in [9.17, 15) is 27.6 Å². The fourth-order valence-corrected chi connectivity index (χ4v) is 4.56. The summed E-state index contributed by atoms with van der Waals surface area (Å²) in [6.45, 7) is 0.632. The second kappa shape index (κ2) is 9.63. The number of fused-ring (bicyclic) bond motifs is 1. The molecule has 2 aromatic carbocycles. The molecule has 1 fully saturated rings. The minimum atomic E-state index is -4.34. The van der Waals surface area contributed by atoms with E-state index in [1.807, 2.05) is 6.07 Å². The highest BCUT2D eigenvalue weighted by Crippen LogP contribution is 2.37. The number of halogens is 3. The lowest BCUT2D eigenvalue weighted by molar-refractivity contribution is -0.136. The monoisotopic (exact) mass is 508 g/mol. The molecule has 0 spiro atoms. The van der Waals surface area contributed by atoms with Gasteiger partial charge in [0.1, 0.15) is 6.04 Å². The average molecular weight is 509 g/mol. The highest BCUT2D eigenvalue weighted by atomic mass is 32.2. The van der Waals surface area contributed by atoms with Crippen molar-refractivity contribution in [2.75, 3.05) is 5.32 Å². The van der Waals surface area contributed by atoms with Crippen molar-refractivity contribution in [1.82, 2.24) is 15.5 Å². The normalized spacial score (nSPS) is 17.9. The Balaban J connectivity index is 1.32. The number of benzene rings is 2. The maximum Gasteiger partial charge on any atom is 0.446 e. The van der Waals surface area contributed by atoms with Gasteiger partial charge in [0, 0.05) is 35.7 Å². The molecule has 7 nitrogen and oxygen atoms in total. The Bertz CT molecular complexity index is 1160. The Morgan fingerprint density at radius 1 is 1.15 bits per heavy atom. The minimum Gasteiger partial charge on any atom is -0.358 e. The van der Waals surface area contributed by atoms with Crippen molar-refractivity contribution in [3.8, 4) is 0 Å². The molecular weight excluding hydrogens is 489 g/mol. The molecule has 3 N–H and O–H groups in total. The molecule has 4 rings (SSSR count). The largest absolute Gasteiger partial charge is 0.446 e. The number of hydrogen-bond acceptors (Lipinski definition) is 5. The van der Waals surface area contributed by atoms with Crippen molar-refractivity contribution in [2.24, 2.45) is 0 Å². The molecule has 178 valence electrons. The van der Waals surface area contributed by atoms with E-state index in [0.29, 0.717) is 24.2 Å². The third-order valence-electron chi connectivity index (χ3n) is 5.39. The zero-order chi connectivity index (χ0) is 24.5. The predicted octanol–water partition coefficient (Wildman–Crippen LogP) is 3.55. The summed E-state index contributed by atoms with van der Waals surface area (Å²) in [5.74, 6) is -1.03. The van der Waals surface area contributed by atoms with E-state index in [1.165, 1.54) is 29.2 Å². The van der Waals surface area contributed by atoms with E-state index in [-0.39, 0.29) is 46.5 Å². The van der Waals surface area contributed by atoms with Gasteiger partial charge in [0.05, 0.1) is 0 Å². The lowest BCUT2D eigenvalue weighted by Crippen LogP contribution is -2.52. The minimum absolute atomic E-state index is 0.0796. The molecule has 0 aliphatic carbocycles.